The Bertz CT molecular complexity index is 535. The first-order valence-corrected chi connectivity index (χ1v) is 9.33. The van der Waals surface area contributed by atoms with Gasteiger partial charge in [-0.2, -0.15) is 0 Å². The number of piperidine rings is 1. The van der Waals surface area contributed by atoms with E-state index in [4.69, 9.17) is 4.74 Å². The first-order chi connectivity index (χ1) is 11.3. The standard InChI is InChI=1S/C21H33NO2.ClH/c1-14(2)18-8-7-9-19(15(3)4)21(18)24-20(23)13-22-11-16(5)10-17(6)12-22;/h7-9,14-17H,10-13H2,1-6H3;1H. The van der Waals surface area contributed by atoms with Crippen molar-refractivity contribution in [1.29, 1.82) is 0 Å². The summed E-state index contributed by atoms with van der Waals surface area (Å²) in [5.41, 5.74) is 2.24. The Balaban J connectivity index is 0.00000312. The van der Waals surface area contributed by atoms with E-state index in [1.54, 1.807) is 0 Å². The van der Waals surface area contributed by atoms with E-state index in [1.165, 1.54) is 6.42 Å². The van der Waals surface area contributed by atoms with Gasteiger partial charge in [-0.3, -0.25) is 9.69 Å². The molecule has 1 aliphatic heterocycles. The van der Waals surface area contributed by atoms with Gasteiger partial charge in [-0.1, -0.05) is 59.7 Å². The second-order valence-electron chi connectivity index (χ2n) is 8.19. The van der Waals surface area contributed by atoms with Crippen molar-refractivity contribution >= 4 is 18.4 Å². The number of benzene rings is 1. The molecule has 0 radical (unpaired) electrons. The number of hydrogen-bond donors (Lipinski definition) is 0. The summed E-state index contributed by atoms with van der Waals surface area (Å²) in [5, 5.41) is 0. The summed E-state index contributed by atoms with van der Waals surface area (Å²) < 4.78 is 5.89. The van der Waals surface area contributed by atoms with Gasteiger partial charge in [0.2, 0.25) is 0 Å². The summed E-state index contributed by atoms with van der Waals surface area (Å²) in [6, 6.07) is 6.21. The molecule has 0 spiro atoms. The number of halogens is 1. The second-order valence-corrected chi connectivity index (χ2v) is 8.19. The lowest BCUT2D eigenvalue weighted by molar-refractivity contribution is -0.136. The molecule has 2 unspecified atom stereocenters. The average Bonchev–Trinajstić information content (AvgIpc) is 2.45. The molecule has 0 aromatic heterocycles. The summed E-state index contributed by atoms with van der Waals surface area (Å²) >= 11 is 0. The highest BCUT2D eigenvalue weighted by molar-refractivity contribution is 5.85. The van der Waals surface area contributed by atoms with E-state index in [-0.39, 0.29) is 18.4 Å². The van der Waals surface area contributed by atoms with Crippen LogP contribution in [0, 0.1) is 11.8 Å². The molecule has 0 N–H and O–H groups in total. The predicted molar refractivity (Wildman–Crippen MR) is 107 cm³/mol. The molecule has 3 nitrogen and oxygen atoms in total. The van der Waals surface area contributed by atoms with Crippen molar-refractivity contribution in [2.75, 3.05) is 19.6 Å². The number of carbonyl (C=O) groups is 1. The van der Waals surface area contributed by atoms with Crippen LogP contribution >= 0.6 is 12.4 Å². The van der Waals surface area contributed by atoms with Crippen molar-refractivity contribution < 1.29 is 9.53 Å². The van der Waals surface area contributed by atoms with Crippen molar-refractivity contribution in [1.82, 2.24) is 4.90 Å². The Labute approximate surface area is 159 Å². The van der Waals surface area contributed by atoms with Crippen molar-refractivity contribution in [3.63, 3.8) is 0 Å². The Kier molecular flexibility index (Phi) is 8.43. The summed E-state index contributed by atoms with van der Waals surface area (Å²) in [5.74, 6) is 2.62. The number of rotatable bonds is 5. The maximum atomic E-state index is 12.6. The van der Waals surface area contributed by atoms with E-state index >= 15 is 0 Å². The third kappa shape index (κ3) is 6.00. The first-order valence-electron chi connectivity index (χ1n) is 9.33. The molecule has 2 rings (SSSR count). The number of nitrogens with zero attached hydrogens (tertiary/aromatic N) is 1. The zero-order valence-electron chi connectivity index (χ0n) is 16.5. The highest BCUT2D eigenvalue weighted by Gasteiger charge is 2.25. The quantitative estimate of drug-likeness (QED) is 0.526. The highest BCUT2D eigenvalue weighted by Crippen LogP contribution is 2.34. The van der Waals surface area contributed by atoms with Crippen molar-refractivity contribution in [2.45, 2.75) is 59.8 Å². The third-order valence-corrected chi connectivity index (χ3v) is 4.83. The average molecular weight is 368 g/mol. The molecule has 1 aromatic rings. The summed E-state index contributed by atoms with van der Waals surface area (Å²) in [7, 11) is 0. The Morgan fingerprint density at radius 1 is 1.08 bits per heavy atom. The molecule has 4 heteroatoms. The molecular weight excluding hydrogens is 334 g/mol. The zero-order valence-corrected chi connectivity index (χ0v) is 17.4. The van der Waals surface area contributed by atoms with Gasteiger partial charge >= 0.3 is 5.97 Å². The number of hydrogen-bond acceptors (Lipinski definition) is 3. The minimum absolute atomic E-state index is 0. The van der Waals surface area contributed by atoms with Crippen molar-refractivity contribution in [2.24, 2.45) is 11.8 Å². The maximum Gasteiger partial charge on any atom is 0.325 e. The smallest absolute Gasteiger partial charge is 0.325 e. The molecule has 1 heterocycles. The van der Waals surface area contributed by atoms with Crippen molar-refractivity contribution in [3.05, 3.63) is 29.3 Å². The Morgan fingerprint density at radius 2 is 1.56 bits per heavy atom. The van der Waals surface area contributed by atoms with Crippen LogP contribution in [0.3, 0.4) is 0 Å². The number of ether oxygens (including phenoxy) is 1. The van der Waals surface area contributed by atoms with E-state index in [2.05, 4.69) is 64.6 Å². The number of likely N-dealkylation sites (tertiary alicyclic amines) is 1. The number of para-hydroxylation sites is 1. The summed E-state index contributed by atoms with van der Waals surface area (Å²) in [4.78, 5) is 14.8. The lowest BCUT2D eigenvalue weighted by Crippen LogP contribution is -2.42. The number of carbonyl (C=O) groups excluding carboxylic acids is 1. The monoisotopic (exact) mass is 367 g/mol. The van der Waals surface area contributed by atoms with Crippen LogP contribution in [-0.2, 0) is 4.79 Å². The molecule has 0 amide bonds. The minimum atomic E-state index is -0.133. The topological polar surface area (TPSA) is 29.5 Å². The SMILES string of the molecule is CC1CC(C)CN(CC(=O)Oc2c(C(C)C)cccc2C(C)C)C1.Cl. The van der Waals surface area contributed by atoms with Gasteiger partial charge in [0, 0.05) is 13.1 Å². The molecule has 1 fully saturated rings. The molecule has 1 aliphatic rings. The van der Waals surface area contributed by atoms with Crippen LogP contribution < -0.4 is 4.74 Å². The largest absolute Gasteiger partial charge is 0.425 e. The van der Waals surface area contributed by atoms with Gasteiger partial charge < -0.3 is 4.74 Å². The molecule has 1 saturated heterocycles. The molecular formula is C21H34ClNO2. The fourth-order valence-corrected chi connectivity index (χ4v) is 3.85. The van der Waals surface area contributed by atoms with Crippen LogP contribution in [0.2, 0.25) is 0 Å². The van der Waals surface area contributed by atoms with Crippen LogP contribution in [0.4, 0.5) is 0 Å². The first kappa shape index (κ1) is 22.0. The van der Waals surface area contributed by atoms with Crippen LogP contribution in [0.5, 0.6) is 5.75 Å². The van der Waals surface area contributed by atoms with Crippen LogP contribution in [0.15, 0.2) is 18.2 Å². The second kappa shape index (κ2) is 9.59. The van der Waals surface area contributed by atoms with E-state index in [1.807, 2.05) is 0 Å². The maximum absolute atomic E-state index is 12.6. The molecule has 0 saturated carbocycles. The minimum Gasteiger partial charge on any atom is -0.425 e. The van der Waals surface area contributed by atoms with E-state index < -0.39 is 0 Å². The van der Waals surface area contributed by atoms with Gasteiger partial charge in [0.1, 0.15) is 5.75 Å². The van der Waals surface area contributed by atoms with Crippen LogP contribution in [0.25, 0.3) is 0 Å². The van der Waals surface area contributed by atoms with Gasteiger partial charge in [-0.15, -0.1) is 12.4 Å². The molecule has 0 bridgehead atoms. The van der Waals surface area contributed by atoms with Gasteiger partial charge in [-0.25, -0.2) is 0 Å². The van der Waals surface area contributed by atoms with Crippen LogP contribution in [-0.4, -0.2) is 30.5 Å². The third-order valence-electron chi connectivity index (χ3n) is 4.83. The predicted octanol–water partition coefficient (Wildman–Crippen LogP) is 5.24. The molecule has 1 aromatic carbocycles. The molecule has 0 aliphatic carbocycles. The van der Waals surface area contributed by atoms with Gasteiger partial charge in [0.15, 0.2) is 0 Å². The summed E-state index contributed by atoms with van der Waals surface area (Å²) in [6.07, 6.45) is 1.25. The van der Waals surface area contributed by atoms with Gasteiger partial charge in [-0.05, 0) is 41.2 Å². The molecule has 25 heavy (non-hydrogen) atoms. The fourth-order valence-electron chi connectivity index (χ4n) is 3.85. The number of esters is 1. The Morgan fingerprint density at radius 3 is 2.00 bits per heavy atom. The Hall–Kier alpha value is -1.06. The van der Waals surface area contributed by atoms with E-state index in [0.717, 1.165) is 30.0 Å². The van der Waals surface area contributed by atoms with Crippen LogP contribution in [0.1, 0.15) is 70.9 Å². The summed E-state index contributed by atoms with van der Waals surface area (Å²) in [6.45, 7) is 15.5. The lowest BCUT2D eigenvalue weighted by atomic mass is 9.92. The zero-order chi connectivity index (χ0) is 17.9. The van der Waals surface area contributed by atoms with Crippen molar-refractivity contribution in [3.8, 4) is 5.75 Å². The fraction of sp³-hybridized carbons (Fsp3) is 0.667. The van der Waals surface area contributed by atoms with Gasteiger partial charge in [0.05, 0.1) is 6.54 Å². The highest BCUT2D eigenvalue weighted by atomic mass is 35.5. The molecule has 2 atom stereocenters. The molecule has 142 valence electrons. The van der Waals surface area contributed by atoms with E-state index in [9.17, 15) is 4.79 Å². The lowest BCUT2D eigenvalue weighted by Gasteiger charge is -2.34. The normalized spacial score (nSPS) is 21.3. The van der Waals surface area contributed by atoms with Gasteiger partial charge in [0.25, 0.3) is 0 Å². The van der Waals surface area contributed by atoms with E-state index in [0.29, 0.717) is 30.2 Å².